The number of benzene rings is 1. The van der Waals surface area contributed by atoms with Crippen molar-refractivity contribution in [3.63, 3.8) is 0 Å². The van der Waals surface area contributed by atoms with E-state index in [2.05, 4.69) is 4.72 Å². The summed E-state index contributed by atoms with van der Waals surface area (Å²) in [4.78, 5) is 0.277. The summed E-state index contributed by atoms with van der Waals surface area (Å²) in [6.07, 6.45) is 1.78. The van der Waals surface area contributed by atoms with Gasteiger partial charge >= 0.3 is 0 Å². The molecule has 1 atom stereocenters. The number of rotatable bonds is 4. The van der Waals surface area contributed by atoms with Crippen LogP contribution in [0.15, 0.2) is 17.0 Å². The van der Waals surface area contributed by atoms with Crippen LogP contribution in [0.3, 0.4) is 0 Å². The van der Waals surface area contributed by atoms with E-state index in [1.807, 2.05) is 20.8 Å². The molecule has 0 saturated carbocycles. The summed E-state index contributed by atoms with van der Waals surface area (Å²) in [6.45, 7) is 7.00. The van der Waals surface area contributed by atoms with Crippen LogP contribution in [0.5, 0.6) is 0 Å². The maximum Gasteiger partial charge on any atom is 0.241 e. The van der Waals surface area contributed by atoms with E-state index in [0.29, 0.717) is 24.8 Å². The Hall–Kier alpha value is -1.11. The van der Waals surface area contributed by atoms with E-state index in [9.17, 15) is 8.42 Å². The summed E-state index contributed by atoms with van der Waals surface area (Å²) in [6, 6.07) is 3.21. The minimum atomic E-state index is -3.56. The molecule has 1 heterocycles. The Morgan fingerprint density at radius 1 is 1.29 bits per heavy atom. The maximum atomic E-state index is 12.6. The van der Waals surface area contributed by atoms with Crippen molar-refractivity contribution in [1.82, 2.24) is 4.72 Å². The quantitative estimate of drug-likeness (QED) is 0.833. The average Bonchev–Trinajstić information content (AvgIpc) is 2.43. The van der Waals surface area contributed by atoms with Crippen LogP contribution in [-0.4, -0.2) is 27.7 Å². The van der Waals surface area contributed by atoms with E-state index in [0.717, 1.165) is 24.0 Å². The third-order valence-corrected chi connectivity index (χ3v) is 5.93. The van der Waals surface area contributed by atoms with Gasteiger partial charge in [0.15, 0.2) is 0 Å². The lowest BCUT2D eigenvalue weighted by Gasteiger charge is -2.28. The van der Waals surface area contributed by atoms with Gasteiger partial charge in [-0.15, -0.1) is 0 Å². The van der Waals surface area contributed by atoms with Crippen molar-refractivity contribution in [2.45, 2.75) is 44.6 Å². The van der Waals surface area contributed by atoms with Gasteiger partial charge in [0.05, 0.1) is 4.90 Å². The second-order valence-electron chi connectivity index (χ2n) is 5.82. The molecule has 1 fully saturated rings. The molecule has 1 aromatic carbocycles. The summed E-state index contributed by atoms with van der Waals surface area (Å²) >= 11 is 0. The molecule has 3 N–H and O–H groups in total. The minimum Gasteiger partial charge on any atom is -0.399 e. The van der Waals surface area contributed by atoms with Gasteiger partial charge in [0.2, 0.25) is 10.0 Å². The Bertz CT molecular complexity index is 608. The number of ether oxygens (including phenoxy) is 1. The highest BCUT2D eigenvalue weighted by Gasteiger charge is 2.26. The second kappa shape index (κ2) is 6.34. The van der Waals surface area contributed by atoms with Crippen LogP contribution >= 0.6 is 0 Å². The molecular formula is C15H24N2O3S. The van der Waals surface area contributed by atoms with Gasteiger partial charge in [-0.1, -0.05) is 0 Å². The number of nitrogen functional groups attached to an aromatic ring is 1. The van der Waals surface area contributed by atoms with Gasteiger partial charge < -0.3 is 10.5 Å². The van der Waals surface area contributed by atoms with Gasteiger partial charge in [-0.05, 0) is 62.8 Å². The van der Waals surface area contributed by atoms with Crippen molar-refractivity contribution in [2.24, 2.45) is 5.92 Å². The number of aryl methyl sites for hydroxylation is 1. The Morgan fingerprint density at radius 3 is 2.52 bits per heavy atom. The zero-order valence-electron chi connectivity index (χ0n) is 12.8. The van der Waals surface area contributed by atoms with Crippen LogP contribution in [0.25, 0.3) is 0 Å². The molecule has 1 unspecified atom stereocenters. The normalized spacial score (nSPS) is 18.6. The van der Waals surface area contributed by atoms with Crippen molar-refractivity contribution in [2.75, 3.05) is 18.9 Å². The lowest BCUT2D eigenvalue weighted by molar-refractivity contribution is 0.0585. The van der Waals surface area contributed by atoms with Crippen molar-refractivity contribution < 1.29 is 13.2 Å². The molecule has 1 aliphatic rings. The highest BCUT2D eigenvalue weighted by atomic mass is 32.2. The molecule has 1 aliphatic heterocycles. The van der Waals surface area contributed by atoms with Gasteiger partial charge in [0.25, 0.3) is 0 Å². The number of nitrogens with one attached hydrogen (secondary N) is 1. The van der Waals surface area contributed by atoms with E-state index in [1.54, 1.807) is 6.07 Å². The Morgan fingerprint density at radius 2 is 1.90 bits per heavy atom. The first-order valence-corrected chi connectivity index (χ1v) is 8.76. The minimum absolute atomic E-state index is 0.111. The first-order valence-electron chi connectivity index (χ1n) is 7.28. The number of anilines is 1. The summed E-state index contributed by atoms with van der Waals surface area (Å²) in [5, 5.41) is 0. The topological polar surface area (TPSA) is 81.4 Å². The van der Waals surface area contributed by atoms with Gasteiger partial charge in [-0.25, -0.2) is 13.1 Å². The first-order chi connectivity index (χ1) is 9.81. The van der Waals surface area contributed by atoms with Crippen LogP contribution in [-0.2, 0) is 14.8 Å². The van der Waals surface area contributed by atoms with Crippen LogP contribution in [0.4, 0.5) is 5.69 Å². The molecule has 0 bridgehead atoms. The fourth-order valence-electron chi connectivity index (χ4n) is 2.75. The standard InChI is InChI=1S/C15H24N2O3S/c1-10-8-14(16)9-15(11(10)2)21(18,19)17-12(3)13-4-6-20-7-5-13/h8-9,12-13,17H,4-7,16H2,1-3H3. The lowest BCUT2D eigenvalue weighted by Crippen LogP contribution is -2.40. The lowest BCUT2D eigenvalue weighted by atomic mass is 9.94. The Balaban J connectivity index is 2.22. The van der Waals surface area contributed by atoms with Crippen molar-refractivity contribution in [1.29, 1.82) is 0 Å². The third kappa shape index (κ3) is 3.75. The predicted octanol–water partition coefficient (Wildman–Crippen LogP) is 1.98. The van der Waals surface area contributed by atoms with E-state index in [-0.39, 0.29) is 10.9 Å². The molecule has 0 spiro atoms. The molecule has 118 valence electrons. The number of nitrogens with two attached hydrogens (primary N) is 1. The zero-order chi connectivity index (χ0) is 15.6. The highest BCUT2D eigenvalue weighted by molar-refractivity contribution is 7.89. The number of sulfonamides is 1. The second-order valence-corrected chi connectivity index (χ2v) is 7.50. The molecule has 5 nitrogen and oxygen atoms in total. The highest BCUT2D eigenvalue weighted by Crippen LogP contribution is 2.24. The van der Waals surface area contributed by atoms with E-state index >= 15 is 0 Å². The van der Waals surface area contributed by atoms with Crippen LogP contribution < -0.4 is 10.5 Å². The summed E-state index contributed by atoms with van der Waals surface area (Å²) in [7, 11) is -3.56. The SMILES string of the molecule is Cc1cc(N)cc(S(=O)(=O)NC(C)C2CCOCC2)c1C. The number of hydrogen-bond acceptors (Lipinski definition) is 4. The first kappa shape index (κ1) is 16.3. The van der Waals surface area contributed by atoms with Crippen molar-refractivity contribution >= 4 is 15.7 Å². The van der Waals surface area contributed by atoms with E-state index in [1.165, 1.54) is 6.07 Å². The molecule has 0 amide bonds. The molecule has 0 radical (unpaired) electrons. The molecule has 2 rings (SSSR count). The average molecular weight is 312 g/mol. The zero-order valence-corrected chi connectivity index (χ0v) is 13.7. The van der Waals surface area contributed by atoms with Crippen molar-refractivity contribution in [3.8, 4) is 0 Å². The molecule has 1 saturated heterocycles. The monoisotopic (exact) mass is 312 g/mol. The van der Waals surface area contributed by atoms with Gasteiger partial charge in [0, 0.05) is 24.9 Å². The smallest absolute Gasteiger partial charge is 0.241 e. The Labute approximate surface area is 126 Å². The fourth-order valence-corrected chi connectivity index (χ4v) is 4.42. The van der Waals surface area contributed by atoms with Crippen LogP contribution in [0, 0.1) is 19.8 Å². The molecule has 0 aliphatic carbocycles. The summed E-state index contributed by atoms with van der Waals surface area (Å²) < 4.78 is 33.3. The van der Waals surface area contributed by atoms with E-state index in [4.69, 9.17) is 10.5 Å². The summed E-state index contributed by atoms with van der Waals surface area (Å²) in [5.74, 6) is 0.316. The van der Waals surface area contributed by atoms with Gasteiger partial charge in [0.1, 0.15) is 0 Å². The van der Waals surface area contributed by atoms with Crippen LogP contribution in [0.1, 0.15) is 30.9 Å². The molecule has 1 aromatic rings. The predicted molar refractivity (Wildman–Crippen MR) is 83.7 cm³/mol. The van der Waals surface area contributed by atoms with E-state index < -0.39 is 10.0 Å². The van der Waals surface area contributed by atoms with Crippen molar-refractivity contribution in [3.05, 3.63) is 23.3 Å². The van der Waals surface area contributed by atoms with Gasteiger partial charge in [-0.2, -0.15) is 0 Å². The largest absolute Gasteiger partial charge is 0.399 e. The molecular weight excluding hydrogens is 288 g/mol. The summed E-state index contributed by atoms with van der Waals surface area (Å²) in [5.41, 5.74) is 7.89. The third-order valence-electron chi connectivity index (χ3n) is 4.25. The van der Waals surface area contributed by atoms with Crippen LogP contribution in [0.2, 0.25) is 0 Å². The Kier molecular flexibility index (Phi) is 4.91. The van der Waals surface area contributed by atoms with Gasteiger partial charge in [-0.3, -0.25) is 0 Å². The molecule has 0 aromatic heterocycles. The molecule has 6 heteroatoms. The maximum absolute atomic E-state index is 12.6. The number of hydrogen-bond donors (Lipinski definition) is 2. The molecule has 21 heavy (non-hydrogen) atoms. The fraction of sp³-hybridized carbons (Fsp3) is 0.600.